The minimum atomic E-state index is 0.248. The molecule has 0 amide bonds. The van der Waals surface area contributed by atoms with E-state index in [4.69, 9.17) is 22.7 Å². The molecule has 0 saturated carbocycles. The minimum absolute atomic E-state index is 0.248. The van der Waals surface area contributed by atoms with Gasteiger partial charge in [0.2, 0.25) is 0 Å². The van der Waals surface area contributed by atoms with Gasteiger partial charge in [-0.2, -0.15) is 0 Å². The third-order valence-corrected chi connectivity index (χ3v) is 4.10. The molecule has 0 radical (unpaired) electrons. The van der Waals surface area contributed by atoms with E-state index in [2.05, 4.69) is 45.7 Å². The maximum atomic E-state index is 5.69. The van der Waals surface area contributed by atoms with Crippen LogP contribution < -0.4 is 10.5 Å². The van der Waals surface area contributed by atoms with Gasteiger partial charge in [0.05, 0.1) is 12.7 Å². The third-order valence-electron chi connectivity index (χ3n) is 3.88. The van der Waals surface area contributed by atoms with Gasteiger partial charge in [0.15, 0.2) is 0 Å². The summed E-state index contributed by atoms with van der Waals surface area (Å²) < 4.78 is 5.37. The molecule has 0 fully saturated rings. The smallest absolute Gasteiger partial charge is 0.129 e. The van der Waals surface area contributed by atoms with Crippen molar-refractivity contribution >= 4 is 17.2 Å². The summed E-state index contributed by atoms with van der Waals surface area (Å²) >= 11 is 5.02. The summed E-state index contributed by atoms with van der Waals surface area (Å²) in [6, 6.07) is 6.48. The number of nitrogens with two attached hydrogens (primary N) is 1. The van der Waals surface area contributed by atoms with Crippen molar-refractivity contribution in [3.8, 4) is 5.75 Å². The quantitative estimate of drug-likeness (QED) is 0.846. The molecule has 0 spiro atoms. The number of methoxy groups -OCH3 is 1. The third kappa shape index (κ3) is 4.18. The largest absolute Gasteiger partial charge is 0.496 e. The molecule has 4 heteroatoms. The molecule has 1 aromatic rings. The molecule has 1 aromatic carbocycles. The van der Waals surface area contributed by atoms with Gasteiger partial charge in [-0.25, -0.2) is 0 Å². The molecular formula is C16H26N2OS. The zero-order valence-electron chi connectivity index (χ0n) is 13.4. The average Bonchev–Trinajstić information content (AvgIpc) is 2.36. The van der Waals surface area contributed by atoms with Crippen LogP contribution in [0.4, 0.5) is 0 Å². The van der Waals surface area contributed by atoms with E-state index in [9.17, 15) is 0 Å². The molecule has 1 rings (SSSR count). The molecule has 0 aliphatic carbocycles. The lowest BCUT2D eigenvalue weighted by Crippen LogP contribution is -2.38. The fourth-order valence-electron chi connectivity index (χ4n) is 2.12. The van der Waals surface area contributed by atoms with Gasteiger partial charge in [-0.15, -0.1) is 0 Å². The monoisotopic (exact) mass is 294 g/mol. The SMILES string of the molecule is COc1cc(CN(C)C(C)C(C)(C)C)ccc1C(N)=S. The number of hydrogen-bond donors (Lipinski definition) is 1. The van der Waals surface area contributed by atoms with Crippen LogP contribution in [0.5, 0.6) is 5.75 Å². The van der Waals surface area contributed by atoms with Crippen LogP contribution in [0.15, 0.2) is 18.2 Å². The summed E-state index contributed by atoms with van der Waals surface area (Å²) in [5.74, 6) is 0.742. The molecule has 1 unspecified atom stereocenters. The van der Waals surface area contributed by atoms with Gasteiger partial charge in [-0.1, -0.05) is 39.1 Å². The minimum Gasteiger partial charge on any atom is -0.496 e. The van der Waals surface area contributed by atoms with Crippen LogP contribution in [-0.2, 0) is 6.54 Å². The topological polar surface area (TPSA) is 38.5 Å². The second-order valence-corrected chi connectivity index (χ2v) is 6.80. The van der Waals surface area contributed by atoms with E-state index >= 15 is 0 Å². The molecule has 0 saturated heterocycles. The van der Waals surface area contributed by atoms with Gasteiger partial charge >= 0.3 is 0 Å². The molecule has 3 nitrogen and oxygen atoms in total. The predicted octanol–water partition coefficient (Wildman–Crippen LogP) is 3.20. The summed E-state index contributed by atoms with van der Waals surface area (Å²) in [6.45, 7) is 9.88. The van der Waals surface area contributed by atoms with Gasteiger partial charge < -0.3 is 10.5 Å². The van der Waals surface area contributed by atoms with E-state index in [1.54, 1.807) is 7.11 Å². The van der Waals surface area contributed by atoms with E-state index in [-0.39, 0.29) is 5.41 Å². The number of ether oxygens (including phenoxy) is 1. The lowest BCUT2D eigenvalue weighted by molar-refractivity contribution is 0.134. The van der Waals surface area contributed by atoms with E-state index < -0.39 is 0 Å². The Morgan fingerprint density at radius 1 is 1.40 bits per heavy atom. The van der Waals surface area contributed by atoms with Crippen LogP contribution in [0.1, 0.15) is 38.8 Å². The highest BCUT2D eigenvalue weighted by Crippen LogP contribution is 2.26. The van der Waals surface area contributed by atoms with Gasteiger partial charge in [0.25, 0.3) is 0 Å². The number of hydrogen-bond acceptors (Lipinski definition) is 3. The fraction of sp³-hybridized carbons (Fsp3) is 0.562. The van der Waals surface area contributed by atoms with Crippen molar-refractivity contribution in [3.05, 3.63) is 29.3 Å². The standard InChI is InChI=1S/C16H26N2OS/c1-11(16(2,3)4)18(5)10-12-7-8-13(15(17)20)14(9-12)19-6/h7-9,11H,10H2,1-6H3,(H2,17,20). The number of benzene rings is 1. The van der Waals surface area contributed by atoms with E-state index in [0.29, 0.717) is 11.0 Å². The molecule has 2 N–H and O–H groups in total. The summed E-state index contributed by atoms with van der Waals surface area (Å²) in [7, 11) is 3.78. The van der Waals surface area contributed by atoms with Crippen LogP contribution in [-0.4, -0.2) is 30.1 Å². The number of nitrogens with zero attached hydrogens (tertiary/aromatic N) is 1. The Morgan fingerprint density at radius 3 is 2.45 bits per heavy atom. The maximum absolute atomic E-state index is 5.69. The maximum Gasteiger partial charge on any atom is 0.129 e. The Morgan fingerprint density at radius 2 is 2.00 bits per heavy atom. The van der Waals surface area contributed by atoms with Gasteiger partial charge in [0, 0.05) is 12.6 Å². The molecular weight excluding hydrogens is 268 g/mol. The normalized spacial score (nSPS) is 13.3. The predicted molar refractivity (Wildman–Crippen MR) is 89.3 cm³/mol. The van der Waals surface area contributed by atoms with Crippen molar-refractivity contribution in [3.63, 3.8) is 0 Å². The van der Waals surface area contributed by atoms with Crippen molar-refractivity contribution in [2.24, 2.45) is 11.1 Å². The lowest BCUT2D eigenvalue weighted by Gasteiger charge is -2.35. The molecule has 1 atom stereocenters. The second kappa shape index (κ2) is 6.55. The van der Waals surface area contributed by atoms with Gasteiger partial charge in [-0.05, 0) is 37.1 Å². The van der Waals surface area contributed by atoms with E-state index in [1.165, 1.54) is 5.56 Å². The Bertz CT molecular complexity index is 480. The van der Waals surface area contributed by atoms with Crippen molar-refractivity contribution in [1.29, 1.82) is 0 Å². The Labute approximate surface area is 128 Å². The Balaban J connectivity index is 2.91. The van der Waals surface area contributed by atoms with Crippen LogP contribution in [0, 0.1) is 5.41 Å². The van der Waals surface area contributed by atoms with Gasteiger partial charge in [-0.3, -0.25) is 4.90 Å². The molecule has 0 heterocycles. The first-order valence-electron chi connectivity index (χ1n) is 6.83. The molecule has 112 valence electrons. The van der Waals surface area contributed by atoms with Crippen molar-refractivity contribution in [1.82, 2.24) is 4.90 Å². The number of thiocarbonyl (C=S) groups is 1. The van der Waals surface area contributed by atoms with Crippen LogP contribution in [0.2, 0.25) is 0 Å². The number of rotatable bonds is 5. The van der Waals surface area contributed by atoms with Crippen LogP contribution >= 0.6 is 12.2 Å². The summed E-state index contributed by atoms with van der Waals surface area (Å²) in [6.07, 6.45) is 0. The van der Waals surface area contributed by atoms with Crippen molar-refractivity contribution in [2.75, 3.05) is 14.2 Å². The first-order chi connectivity index (χ1) is 9.16. The lowest BCUT2D eigenvalue weighted by atomic mass is 9.87. The van der Waals surface area contributed by atoms with Crippen LogP contribution in [0.25, 0.3) is 0 Å². The highest BCUT2D eigenvalue weighted by Gasteiger charge is 2.23. The van der Waals surface area contributed by atoms with E-state index in [0.717, 1.165) is 17.9 Å². The zero-order chi connectivity index (χ0) is 15.5. The summed E-state index contributed by atoms with van der Waals surface area (Å²) in [5.41, 5.74) is 7.92. The Hall–Kier alpha value is -1.13. The zero-order valence-corrected chi connectivity index (χ0v) is 14.2. The van der Waals surface area contributed by atoms with Crippen LogP contribution in [0.3, 0.4) is 0 Å². The second-order valence-electron chi connectivity index (χ2n) is 6.36. The highest BCUT2D eigenvalue weighted by molar-refractivity contribution is 7.80. The first kappa shape index (κ1) is 16.9. The molecule has 0 aromatic heterocycles. The van der Waals surface area contributed by atoms with Crippen molar-refractivity contribution < 1.29 is 4.74 Å². The fourth-order valence-corrected chi connectivity index (χ4v) is 2.29. The first-order valence-corrected chi connectivity index (χ1v) is 7.24. The summed E-state index contributed by atoms with van der Waals surface area (Å²) in [4.78, 5) is 2.71. The van der Waals surface area contributed by atoms with Crippen molar-refractivity contribution in [2.45, 2.75) is 40.3 Å². The van der Waals surface area contributed by atoms with Gasteiger partial charge in [0.1, 0.15) is 10.7 Å². The summed E-state index contributed by atoms with van der Waals surface area (Å²) in [5, 5.41) is 0. The molecule has 0 aliphatic heterocycles. The highest BCUT2D eigenvalue weighted by atomic mass is 32.1. The molecule has 0 bridgehead atoms. The average molecular weight is 294 g/mol. The Kier molecular flexibility index (Phi) is 5.54. The van der Waals surface area contributed by atoms with E-state index in [1.807, 2.05) is 12.1 Å². The molecule has 0 aliphatic rings. The molecule has 20 heavy (non-hydrogen) atoms.